The zero-order chi connectivity index (χ0) is 18.9. The molecule has 2 aromatic carbocycles. The molecule has 0 aliphatic rings. The van der Waals surface area contributed by atoms with Gasteiger partial charge in [-0.25, -0.2) is 14.2 Å². The summed E-state index contributed by atoms with van der Waals surface area (Å²) in [5.41, 5.74) is -0.0330. The van der Waals surface area contributed by atoms with E-state index in [9.17, 15) is 14.0 Å². The molecule has 2 N–H and O–H groups in total. The molecule has 0 bridgehead atoms. The van der Waals surface area contributed by atoms with Crippen molar-refractivity contribution in [2.75, 3.05) is 5.32 Å². The third-order valence-electron chi connectivity index (χ3n) is 3.49. The first-order chi connectivity index (χ1) is 12.2. The smallest absolute Gasteiger partial charge is 0.412 e. The van der Waals surface area contributed by atoms with Gasteiger partial charge in [0.2, 0.25) is 0 Å². The average Bonchev–Trinajstić information content (AvgIpc) is 2.55. The summed E-state index contributed by atoms with van der Waals surface area (Å²) in [7, 11) is 0. The Morgan fingerprint density at radius 2 is 1.92 bits per heavy atom. The van der Waals surface area contributed by atoms with Crippen molar-refractivity contribution in [3.63, 3.8) is 0 Å². The van der Waals surface area contributed by atoms with Crippen molar-refractivity contribution < 1.29 is 13.9 Å². The molecular weight excluding hydrogens is 337 g/mol. The molecule has 0 atom stereocenters. The van der Waals surface area contributed by atoms with Crippen LogP contribution < -0.4 is 10.9 Å². The maximum Gasteiger partial charge on any atom is 0.412 e. The highest BCUT2D eigenvalue weighted by Crippen LogP contribution is 2.27. The number of fused-ring (bicyclic) bond motifs is 1. The Morgan fingerprint density at radius 1 is 1.19 bits per heavy atom. The van der Waals surface area contributed by atoms with E-state index < -0.39 is 17.5 Å². The first-order valence-electron chi connectivity index (χ1n) is 8.02. The third-order valence-corrected chi connectivity index (χ3v) is 3.49. The normalized spacial score (nSPS) is 11.4. The number of carbonyl (C=O) groups is 1. The van der Waals surface area contributed by atoms with E-state index in [-0.39, 0.29) is 22.6 Å². The maximum atomic E-state index is 13.8. The monoisotopic (exact) mass is 355 g/mol. The van der Waals surface area contributed by atoms with Gasteiger partial charge in [0.1, 0.15) is 17.2 Å². The Balaban J connectivity index is 2.06. The molecule has 1 aromatic heterocycles. The van der Waals surface area contributed by atoms with Gasteiger partial charge in [-0.1, -0.05) is 12.1 Å². The number of carbonyl (C=O) groups excluding carboxylic acids is 1. The second-order valence-electron chi connectivity index (χ2n) is 6.75. The van der Waals surface area contributed by atoms with Gasteiger partial charge in [-0.2, -0.15) is 0 Å². The fraction of sp³-hybridized carbons (Fsp3) is 0.211. The predicted molar refractivity (Wildman–Crippen MR) is 97.6 cm³/mol. The minimum absolute atomic E-state index is 0.152. The summed E-state index contributed by atoms with van der Waals surface area (Å²) in [5, 5.41) is 3.00. The molecule has 0 saturated heterocycles. The van der Waals surface area contributed by atoms with Crippen LogP contribution in [0.5, 0.6) is 0 Å². The lowest BCUT2D eigenvalue weighted by atomic mass is 10.1. The van der Waals surface area contributed by atoms with Crippen LogP contribution in [-0.2, 0) is 4.74 Å². The van der Waals surface area contributed by atoms with E-state index in [1.54, 1.807) is 45.0 Å². The number of amides is 1. The number of aromatic amines is 1. The maximum absolute atomic E-state index is 13.8. The van der Waals surface area contributed by atoms with Crippen LogP contribution in [0.25, 0.3) is 22.3 Å². The number of nitrogens with zero attached hydrogens (tertiary/aromatic N) is 1. The lowest BCUT2D eigenvalue weighted by molar-refractivity contribution is 0.0636. The van der Waals surface area contributed by atoms with E-state index in [2.05, 4.69) is 15.3 Å². The first kappa shape index (κ1) is 17.6. The van der Waals surface area contributed by atoms with Gasteiger partial charge < -0.3 is 9.72 Å². The zero-order valence-electron chi connectivity index (χ0n) is 14.6. The van der Waals surface area contributed by atoms with Crippen molar-refractivity contribution in [2.24, 2.45) is 0 Å². The van der Waals surface area contributed by atoms with E-state index in [0.717, 1.165) is 0 Å². The van der Waals surface area contributed by atoms with E-state index >= 15 is 0 Å². The quantitative estimate of drug-likeness (QED) is 0.725. The molecule has 1 amide bonds. The molecule has 0 radical (unpaired) electrons. The SMILES string of the molecule is CC(C)(C)OC(=O)Nc1ccc(F)cc1-c1nc2ccccc2c(=O)[nH]1. The van der Waals surface area contributed by atoms with Crippen molar-refractivity contribution in [1.29, 1.82) is 0 Å². The molecule has 134 valence electrons. The van der Waals surface area contributed by atoms with Crippen LogP contribution in [0.15, 0.2) is 47.3 Å². The van der Waals surface area contributed by atoms with Crippen molar-refractivity contribution >= 4 is 22.7 Å². The van der Waals surface area contributed by atoms with Crippen LogP contribution >= 0.6 is 0 Å². The molecule has 0 saturated carbocycles. The first-order valence-corrected chi connectivity index (χ1v) is 8.02. The molecule has 1 heterocycles. The van der Waals surface area contributed by atoms with Crippen molar-refractivity contribution in [1.82, 2.24) is 9.97 Å². The Labute approximate surface area is 149 Å². The Bertz CT molecular complexity index is 1040. The van der Waals surface area contributed by atoms with Crippen LogP contribution in [0.2, 0.25) is 0 Å². The largest absolute Gasteiger partial charge is 0.444 e. The van der Waals surface area contributed by atoms with Gasteiger partial charge in [-0.15, -0.1) is 0 Å². The van der Waals surface area contributed by atoms with E-state index in [1.807, 2.05) is 0 Å². The van der Waals surface area contributed by atoms with Crippen LogP contribution in [-0.4, -0.2) is 21.7 Å². The average molecular weight is 355 g/mol. The fourth-order valence-corrected chi connectivity index (χ4v) is 2.45. The number of nitrogens with one attached hydrogen (secondary N) is 2. The van der Waals surface area contributed by atoms with Crippen LogP contribution in [0.1, 0.15) is 20.8 Å². The minimum Gasteiger partial charge on any atom is -0.444 e. The molecule has 0 aliphatic heterocycles. The lowest BCUT2D eigenvalue weighted by Gasteiger charge is -2.20. The summed E-state index contributed by atoms with van der Waals surface area (Å²) in [6.07, 6.45) is -0.687. The van der Waals surface area contributed by atoms with Gasteiger partial charge in [0.05, 0.1) is 16.6 Å². The van der Waals surface area contributed by atoms with E-state index in [4.69, 9.17) is 4.74 Å². The molecule has 0 aliphatic carbocycles. The van der Waals surface area contributed by atoms with Crippen LogP contribution in [0, 0.1) is 5.82 Å². The Kier molecular flexibility index (Phi) is 4.46. The number of hydrogen-bond acceptors (Lipinski definition) is 4. The summed E-state index contributed by atoms with van der Waals surface area (Å²) >= 11 is 0. The third kappa shape index (κ3) is 3.88. The summed E-state index contributed by atoms with van der Waals surface area (Å²) in [4.78, 5) is 31.3. The number of anilines is 1. The van der Waals surface area contributed by atoms with Gasteiger partial charge in [0, 0.05) is 5.56 Å². The van der Waals surface area contributed by atoms with Gasteiger partial charge in [0.25, 0.3) is 5.56 Å². The number of para-hydroxylation sites is 1. The van der Waals surface area contributed by atoms with Crippen molar-refractivity contribution in [3.8, 4) is 11.4 Å². The van der Waals surface area contributed by atoms with E-state index in [0.29, 0.717) is 10.9 Å². The highest BCUT2D eigenvalue weighted by molar-refractivity contribution is 5.91. The number of hydrogen-bond donors (Lipinski definition) is 2. The van der Waals surface area contributed by atoms with Gasteiger partial charge in [0.15, 0.2) is 0 Å². The van der Waals surface area contributed by atoms with Gasteiger partial charge in [-0.3, -0.25) is 10.1 Å². The summed E-state index contributed by atoms with van der Waals surface area (Å²) < 4.78 is 19.0. The van der Waals surface area contributed by atoms with E-state index in [1.165, 1.54) is 18.2 Å². The molecule has 6 nitrogen and oxygen atoms in total. The molecule has 0 spiro atoms. The number of halogens is 1. The fourth-order valence-electron chi connectivity index (χ4n) is 2.45. The Morgan fingerprint density at radius 3 is 2.65 bits per heavy atom. The molecule has 0 unspecified atom stereocenters. The molecule has 3 rings (SSSR count). The van der Waals surface area contributed by atoms with Crippen LogP contribution in [0.3, 0.4) is 0 Å². The number of aromatic nitrogens is 2. The zero-order valence-corrected chi connectivity index (χ0v) is 14.6. The highest BCUT2D eigenvalue weighted by atomic mass is 19.1. The topological polar surface area (TPSA) is 84.1 Å². The van der Waals surface area contributed by atoms with Gasteiger partial charge >= 0.3 is 6.09 Å². The minimum atomic E-state index is -0.687. The standard InChI is InChI=1S/C19H18FN3O3/c1-19(2,3)26-18(25)22-15-9-8-11(20)10-13(15)16-21-14-7-5-4-6-12(14)17(24)23-16/h4-10H,1-3H3,(H,22,25)(H,21,23,24). The predicted octanol–water partition coefficient (Wildman–Crippen LogP) is 4.08. The lowest BCUT2D eigenvalue weighted by Crippen LogP contribution is -2.27. The summed E-state index contributed by atoms with van der Waals surface area (Å²) in [6, 6.07) is 10.6. The molecule has 3 aromatic rings. The van der Waals surface area contributed by atoms with Crippen molar-refractivity contribution in [3.05, 3.63) is 58.6 Å². The molecular formula is C19H18FN3O3. The molecule has 0 fully saturated rings. The second-order valence-corrected chi connectivity index (χ2v) is 6.75. The van der Waals surface area contributed by atoms with Crippen LogP contribution in [0.4, 0.5) is 14.9 Å². The summed E-state index contributed by atoms with van der Waals surface area (Å²) in [6.45, 7) is 5.21. The molecule has 7 heteroatoms. The summed E-state index contributed by atoms with van der Waals surface area (Å²) in [5.74, 6) is -0.371. The Hall–Kier alpha value is -3.22. The number of H-pyrrole nitrogens is 1. The number of benzene rings is 2. The number of ether oxygens (including phenoxy) is 1. The number of rotatable bonds is 2. The van der Waals surface area contributed by atoms with Crippen molar-refractivity contribution in [2.45, 2.75) is 26.4 Å². The second kappa shape index (κ2) is 6.59. The molecule has 26 heavy (non-hydrogen) atoms. The highest BCUT2D eigenvalue weighted by Gasteiger charge is 2.19. The van der Waals surface area contributed by atoms with Gasteiger partial charge in [-0.05, 0) is 51.1 Å².